The van der Waals surface area contributed by atoms with E-state index >= 15 is 4.39 Å². The fraction of sp³-hybridized carbons (Fsp3) is 0.387. The lowest BCUT2D eigenvalue weighted by Crippen LogP contribution is -2.44. The van der Waals surface area contributed by atoms with Crippen molar-refractivity contribution in [2.45, 2.75) is 44.0 Å². The minimum absolute atomic E-state index is 0.0174. The van der Waals surface area contributed by atoms with Gasteiger partial charge < -0.3 is 26.4 Å². The molecule has 1 saturated heterocycles. The first-order chi connectivity index (χ1) is 21.3. The minimum atomic E-state index is -4.62. The molecule has 10 nitrogen and oxygen atoms in total. The molecule has 1 aliphatic carbocycles. The number of piperazine rings is 1. The van der Waals surface area contributed by atoms with Crippen LogP contribution in [0.1, 0.15) is 42.6 Å². The lowest BCUT2D eigenvalue weighted by molar-refractivity contribution is -0.138. The largest absolute Gasteiger partial charge is 0.416 e. The standard InChI is InChI=1S/C31H34F4N8O2/c1-30(45)15-20(16-30)28-40-25(26-27(36)37-7-8-43(26)28)18-4-6-24(23(32)13-18)39-29(44)38-21-5-3-19(22(14-21)31(33,34)35)17-42-11-9-41(2)10-12-42/h3-8,13-14,20,45H,9-12,15-17H2,1-2H3,(H2,36,37)(H2,38,39,44). The van der Waals surface area contributed by atoms with Crippen molar-refractivity contribution in [1.29, 1.82) is 0 Å². The van der Waals surface area contributed by atoms with E-state index in [9.17, 15) is 23.1 Å². The van der Waals surface area contributed by atoms with Crippen molar-refractivity contribution in [3.8, 4) is 11.3 Å². The lowest BCUT2D eigenvalue weighted by atomic mass is 9.72. The number of nitrogens with two attached hydrogens (primary N) is 1. The molecule has 1 aliphatic heterocycles. The summed E-state index contributed by atoms with van der Waals surface area (Å²) in [7, 11) is 1.97. The second-order valence-electron chi connectivity index (χ2n) is 12.2. The summed E-state index contributed by atoms with van der Waals surface area (Å²) in [6.07, 6.45) is -0.332. The number of rotatable bonds is 6. The molecule has 4 aromatic rings. The zero-order chi connectivity index (χ0) is 32.1. The van der Waals surface area contributed by atoms with Crippen molar-refractivity contribution in [3.05, 3.63) is 71.6 Å². The van der Waals surface area contributed by atoms with Crippen LogP contribution in [0, 0.1) is 5.82 Å². The van der Waals surface area contributed by atoms with Gasteiger partial charge in [-0.15, -0.1) is 0 Å². The first-order valence-electron chi connectivity index (χ1n) is 14.6. The molecule has 2 amide bonds. The van der Waals surface area contributed by atoms with Crippen molar-refractivity contribution in [2.75, 3.05) is 49.6 Å². The maximum atomic E-state index is 15.3. The molecule has 2 aliphatic rings. The van der Waals surface area contributed by atoms with Crippen molar-refractivity contribution >= 4 is 28.7 Å². The molecular formula is C31H34F4N8O2. The maximum absolute atomic E-state index is 15.3. The van der Waals surface area contributed by atoms with Crippen LogP contribution >= 0.6 is 0 Å². The first-order valence-corrected chi connectivity index (χ1v) is 14.6. The summed E-state index contributed by atoms with van der Waals surface area (Å²) in [5.74, 6) is 0.0802. The number of fused-ring (bicyclic) bond motifs is 1. The summed E-state index contributed by atoms with van der Waals surface area (Å²) in [4.78, 5) is 25.7. The van der Waals surface area contributed by atoms with Crippen LogP contribution < -0.4 is 16.4 Å². The second kappa shape index (κ2) is 11.6. The van der Waals surface area contributed by atoms with Gasteiger partial charge in [0.1, 0.15) is 28.7 Å². The molecule has 1 saturated carbocycles. The summed E-state index contributed by atoms with van der Waals surface area (Å²) in [6, 6.07) is 6.86. The predicted molar refractivity (Wildman–Crippen MR) is 162 cm³/mol. The number of nitrogen functional groups attached to an aromatic ring is 1. The van der Waals surface area contributed by atoms with Crippen molar-refractivity contribution < 1.29 is 27.5 Å². The summed E-state index contributed by atoms with van der Waals surface area (Å²) < 4.78 is 58.9. The number of aromatic nitrogens is 3. The van der Waals surface area contributed by atoms with Gasteiger partial charge in [-0.05, 0) is 56.6 Å². The average Bonchev–Trinajstić information content (AvgIpc) is 3.35. The number of nitrogens with zero attached hydrogens (tertiary/aromatic N) is 5. The summed E-state index contributed by atoms with van der Waals surface area (Å²) in [6.45, 7) is 4.76. The number of benzene rings is 2. The highest BCUT2D eigenvalue weighted by molar-refractivity contribution is 6.00. The number of halogens is 4. The zero-order valence-corrected chi connectivity index (χ0v) is 24.8. The van der Waals surface area contributed by atoms with Crippen LogP contribution in [0.3, 0.4) is 0 Å². The maximum Gasteiger partial charge on any atom is 0.416 e. The van der Waals surface area contributed by atoms with E-state index in [0.717, 1.165) is 19.2 Å². The quantitative estimate of drug-likeness (QED) is 0.218. The minimum Gasteiger partial charge on any atom is -0.390 e. The predicted octanol–water partition coefficient (Wildman–Crippen LogP) is 5.16. The first kappa shape index (κ1) is 30.7. The van der Waals surface area contributed by atoms with Gasteiger partial charge in [-0.3, -0.25) is 9.30 Å². The third-order valence-electron chi connectivity index (χ3n) is 8.50. The van der Waals surface area contributed by atoms with E-state index in [-0.39, 0.29) is 35.2 Å². The third kappa shape index (κ3) is 6.44. The van der Waals surface area contributed by atoms with E-state index in [1.54, 1.807) is 29.8 Å². The van der Waals surface area contributed by atoms with Gasteiger partial charge in [0.25, 0.3) is 0 Å². The number of likely N-dealkylation sites (N-methyl/N-ethyl adjacent to an activating group) is 1. The molecular weight excluding hydrogens is 592 g/mol. The van der Waals surface area contributed by atoms with Gasteiger partial charge in [0, 0.05) is 62.3 Å². The summed E-state index contributed by atoms with van der Waals surface area (Å²) in [5.41, 5.74) is 5.70. The Balaban J connectivity index is 1.19. The number of imidazole rings is 1. The van der Waals surface area contributed by atoms with E-state index in [2.05, 4.69) is 20.5 Å². The van der Waals surface area contributed by atoms with Crippen LogP contribution in [-0.2, 0) is 12.7 Å². The number of aliphatic hydroxyl groups is 1. The topological polar surface area (TPSA) is 124 Å². The summed E-state index contributed by atoms with van der Waals surface area (Å²) in [5, 5.41) is 15.0. The van der Waals surface area contributed by atoms with E-state index in [1.807, 2.05) is 11.9 Å². The van der Waals surface area contributed by atoms with Crippen LogP contribution in [0.5, 0.6) is 0 Å². The van der Waals surface area contributed by atoms with Crippen LogP contribution in [0.2, 0.25) is 0 Å². The molecule has 2 aromatic heterocycles. The van der Waals surface area contributed by atoms with Gasteiger partial charge in [0.15, 0.2) is 0 Å². The lowest BCUT2D eigenvalue weighted by Gasteiger charge is -2.40. The smallest absolute Gasteiger partial charge is 0.390 e. The number of urea groups is 1. The molecule has 0 bridgehead atoms. The van der Waals surface area contributed by atoms with E-state index in [0.29, 0.717) is 48.5 Å². The summed E-state index contributed by atoms with van der Waals surface area (Å²) >= 11 is 0. The van der Waals surface area contributed by atoms with Crippen LogP contribution in [0.4, 0.5) is 39.5 Å². The van der Waals surface area contributed by atoms with E-state index in [1.165, 1.54) is 24.3 Å². The highest BCUT2D eigenvalue weighted by Gasteiger charge is 2.42. The Hall–Kier alpha value is -4.27. The Labute approximate surface area is 256 Å². The van der Waals surface area contributed by atoms with E-state index < -0.39 is 29.2 Å². The van der Waals surface area contributed by atoms with Crippen LogP contribution in [-0.4, -0.2) is 74.1 Å². The molecule has 45 heavy (non-hydrogen) atoms. The Bertz CT molecular complexity index is 1740. The second-order valence-corrected chi connectivity index (χ2v) is 12.2. The number of amides is 2. The molecule has 5 N–H and O–H groups in total. The number of nitrogens with one attached hydrogen (secondary N) is 2. The molecule has 0 atom stereocenters. The molecule has 6 rings (SSSR count). The van der Waals surface area contributed by atoms with Crippen molar-refractivity contribution in [2.24, 2.45) is 0 Å². The number of alkyl halides is 3. The molecule has 14 heteroatoms. The van der Waals surface area contributed by atoms with Gasteiger partial charge in [-0.2, -0.15) is 13.2 Å². The Morgan fingerprint density at radius 2 is 1.84 bits per heavy atom. The Morgan fingerprint density at radius 1 is 1.11 bits per heavy atom. The molecule has 2 fully saturated rings. The number of hydrogen-bond acceptors (Lipinski definition) is 7. The fourth-order valence-electron chi connectivity index (χ4n) is 6.11. The molecule has 0 unspecified atom stereocenters. The van der Waals surface area contributed by atoms with Crippen LogP contribution in [0.25, 0.3) is 16.8 Å². The third-order valence-corrected chi connectivity index (χ3v) is 8.50. The monoisotopic (exact) mass is 626 g/mol. The normalized spacial score (nSPS) is 21.1. The highest BCUT2D eigenvalue weighted by atomic mass is 19.4. The van der Waals surface area contributed by atoms with Crippen molar-refractivity contribution in [1.82, 2.24) is 24.2 Å². The van der Waals surface area contributed by atoms with Gasteiger partial charge in [-0.1, -0.05) is 12.1 Å². The number of carbonyl (C=O) groups is 1. The molecule has 2 aromatic carbocycles. The van der Waals surface area contributed by atoms with Crippen molar-refractivity contribution in [3.63, 3.8) is 0 Å². The fourth-order valence-corrected chi connectivity index (χ4v) is 6.11. The highest BCUT2D eigenvalue weighted by Crippen LogP contribution is 2.45. The SMILES string of the molecule is CN1CCN(Cc2ccc(NC(=O)Nc3ccc(-c4nc(C5CC(C)(O)C5)n5ccnc(N)c45)cc3F)cc2C(F)(F)F)CC1. The van der Waals surface area contributed by atoms with Gasteiger partial charge >= 0.3 is 12.2 Å². The van der Waals surface area contributed by atoms with Crippen LogP contribution in [0.15, 0.2) is 48.8 Å². The zero-order valence-electron chi connectivity index (χ0n) is 24.8. The Kier molecular flexibility index (Phi) is 7.91. The van der Waals surface area contributed by atoms with Gasteiger partial charge in [0.05, 0.1) is 16.9 Å². The van der Waals surface area contributed by atoms with Gasteiger partial charge in [0.2, 0.25) is 0 Å². The number of hydrogen-bond donors (Lipinski definition) is 4. The van der Waals surface area contributed by atoms with E-state index in [4.69, 9.17) is 10.7 Å². The van der Waals surface area contributed by atoms with Gasteiger partial charge in [-0.25, -0.2) is 19.2 Å². The molecule has 238 valence electrons. The molecule has 0 spiro atoms. The number of carbonyl (C=O) groups excluding carboxylic acids is 1. The Morgan fingerprint density at radius 3 is 2.51 bits per heavy atom. The number of anilines is 3. The average molecular weight is 627 g/mol. The molecule has 3 heterocycles. The molecule has 0 radical (unpaired) electrons.